The number of thiazole rings is 1. The normalized spacial score (nSPS) is 17.5. The van der Waals surface area contributed by atoms with Crippen molar-refractivity contribution >= 4 is 37.5 Å². The van der Waals surface area contributed by atoms with Gasteiger partial charge in [0.1, 0.15) is 5.82 Å². The van der Waals surface area contributed by atoms with Gasteiger partial charge in [-0.3, -0.25) is 4.79 Å². The number of hydrogen-bond donors (Lipinski definition) is 0. The van der Waals surface area contributed by atoms with E-state index in [1.54, 1.807) is 6.08 Å². The Morgan fingerprint density at radius 2 is 2.04 bits per heavy atom. The summed E-state index contributed by atoms with van der Waals surface area (Å²) in [5.74, 6) is -2.20. The Morgan fingerprint density at radius 1 is 1.37 bits per heavy atom. The summed E-state index contributed by atoms with van der Waals surface area (Å²) in [7, 11) is -3.27. The molecule has 0 N–H and O–H groups in total. The van der Waals surface area contributed by atoms with Crippen LogP contribution in [0.15, 0.2) is 29.8 Å². The van der Waals surface area contributed by atoms with Crippen LogP contribution in [0.1, 0.15) is 12.8 Å². The molecule has 10 heteroatoms. The molecule has 3 rings (SSSR count). The third-order valence-corrected chi connectivity index (χ3v) is 6.81. The fourth-order valence-electron chi connectivity index (χ4n) is 3.13. The van der Waals surface area contributed by atoms with E-state index in [0.29, 0.717) is 17.5 Å². The largest absolute Gasteiger partial charge is 0.310 e. The zero-order valence-corrected chi connectivity index (χ0v) is 16.3. The van der Waals surface area contributed by atoms with E-state index in [4.69, 9.17) is 0 Å². The third-order valence-electron chi connectivity index (χ3n) is 4.48. The summed E-state index contributed by atoms with van der Waals surface area (Å²) in [6.45, 7) is 4.39. The van der Waals surface area contributed by atoms with Crippen molar-refractivity contribution in [1.82, 2.24) is 8.87 Å². The van der Waals surface area contributed by atoms with E-state index in [1.165, 1.54) is 14.9 Å². The maximum absolute atomic E-state index is 14.2. The van der Waals surface area contributed by atoms with Crippen LogP contribution in [0.3, 0.4) is 0 Å². The van der Waals surface area contributed by atoms with Crippen molar-refractivity contribution in [2.45, 2.75) is 19.4 Å². The lowest BCUT2D eigenvalue weighted by atomic mass is 9.98. The predicted octanol–water partition coefficient (Wildman–Crippen LogP) is 2.27. The maximum Gasteiger partial charge on any atom is 0.251 e. The minimum Gasteiger partial charge on any atom is -0.310 e. The van der Waals surface area contributed by atoms with Gasteiger partial charge in [0.05, 0.1) is 16.5 Å². The van der Waals surface area contributed by atoms with Gasteiger partial charge in [-0.2, -0.15) is 4.99 Å². The van der Waals surface area contributed by atoms with Crippen molar-refractivity contribution in [3.63, 3.8) is 0 Å². The Bertz CT molecular complexity index is 1070. The predicted molar refractivity (Wildman–Crippen MR) is 99.6 cm³/mol. The summed E-state index contributed by atoms with van der Waals surface area (Å²) in [6, 6.07) is 2.00. The average Bonchev–Trinajstić information content (AvgIpc) is 2.92. The topological polar surface area (TPSA) is 71.7 Å². The van der Waals surface area contributed by atoms with Crippen LogP contribution in [0.5, 0.6) is 0 Å². The number of carbonyl (C=O) groups excluding carboxylic acids is 1. The zero-order chi connectivity index (χ0) is 19.8. The van der Waals surface area contributed by atoms with Crippen molar-refractivity contribution in [1.29, 1.82) is 0 Å². The number of carbonyl (C=O) groups is 1. The van der Waals surface area contributed by atoms with E-state index in [-0.39, 0.29) is 35.9 Å². The second-order valence-corrected chi connectivity index (χ2v) is 9.40. The quantitative estimate of drug-likeness (QED) is 0.719. The van der Waals surface area contributed by atoms with Crippen LogP contribution in [0, 0.1) is 17.6 Å². The number of benzene rings is 1. The molecule has 1 aliphatic rings. The molecule has 27 heavy (non-hydrogen) atoms. The molecule has 1 aromatic heterocycles. The average molecular weight is 415 g/mol. The number of amides is 1. The molecule has 1 aliphatic heterocycles. The lowest BCUT2D eigenvalue weighted by Gasteiger charge is -2.28. The number of allylic oxidation sites excluding steroid dienone is 1. The highest BCUT2D eigenvalue weighted by Crippen LogP contribution is 2.23. The van der Waals surface area contributed by atoms with E-state index in [2.05, 4.69) is 11.6 Å². The zero-order valence-electron chi connectivity index (χ0n) is 14.7. The molecule has 0 spiro atoms. The highest BCUT2D eigenvalue weighted by atomic mass is 32.2. The van der Waals surface area contributed by atoms with Gasteiger partial charge >= 0.3 is 0 Å². The molecule has 0 radical (unpaired) electrons. The molecule has 2 heterocycles. The van der Waals surface area contributed by atoms with Crippen molar-refractivity contribution < 1.29 is 22.0 Å². The van der Waals surface area contributed by atoms with E-state index in [9.17, 15) is 22.0 Å². The van der Waals surface area contributed by atoms with Crippen LogP contribution in [0.25, 0.3) is 10.2 Å². The molecule has 0 bridgehead atoms. The molecule has 1 aromatic carbocycles. The Hall–Kier alpha value is -1.91. The van der Waals surface area contributed by atoms with Gasteiger partial charge in [-0.15, -0.1) is 6.58 Å². The number of fused-ring (bicyclic) bond motifs is 1. The highest BCUT2D eigenvalue weighted by Gasteiger charge is 2.29. The number of hydrogen-bond acceptors (Lipinski definition) is 4. The second-order valence-electron chi connectivity index (χ2n) is 6.40. The molecule has 1 saturated heterocycles. The summed E-state index contributed by atoms with van der Waals surface area (Å²) in [6.07, 6.45) is 3.45. The molecule has 1 fully saturated rings. The SMILES string of the molecule is C=CCn1c(=NC(=O)C2CCN(S(C)(=O)=O)CC2)sc2cc(F)cc(F)c21. The first-order chi connectivity index (χ1) is 12.7. The number of rotatable bonds is 4. The van der Waals surface area contributed by atoms with Crippen LogP contribution < -0.4 is 4.80 Å². The van der Waals surface area contributed by atoms with Gasteiger partial charge in [-0.1, -0.05) is 17.4 Å². The first kappa shape index (κ1) is 19.8. The molecule has 0 aliphatic carbocycles. The van der Waals surface area contributed by atoms with Crippen LogP contribution in [0.4, 0.5) is 8.78 Å². The molecule has 2 aromatic rings. The molecule has 146 valence electrons. The van der Waals surface area contributed by atoms with Gasteiger partial charge in [0.15, 0.2) is 10.6 Å². The summed E-state index contributed by atoms with van der Waals surface area (Å²) in [4.78, 5) is 17.0. The Morgan fingerprint density at radius 3 is 2.63 bits per heavy atom. The van der Waals surface area contributed by atoms with Crippen LogP contribution in [-0.4, -0.2) is 42.5 Å². The Balaban J connectivity index is 1.94. The van der Waals surface area contributed by atoms with Crippen LogP contribution in [0.2, 0.25) is 0 Å². The Labute approximate surface area is 159 Å². The number of nitrogens with zero attached hydrogens (tertiary/aromatic N) is 3. The fourth-order valence-corrected chi connectivity index (χ4v) is 5.09. The van der Waals surface area contributed by atoms with Crippen LogP contribution in [-0.2, 0) is 21.4 Å². The van der Waals surface area contributed by atoms with E-state index < -0.39 is 27.6 Å². The van der Waals surface area contributed by atoms with Crippen molar-refractivity contribution in [3.8, 4) is 0 Å². The Kier molecular flexibility index (Phi) is 5.59. The third kappa shape index (κ3) is 4.17. The molecule has 0 saturated carbocycles. The summed E-state index contributed by atoms with van der Waals surface area (Å²) in [5, 5.41) is 0. The number of sulfonamides is 1. The molecule has 0 unspecified atom stereocenters. The van der Waals surface area contributed by atoms with Gasteiger partial charge in [0.2, 0.25) is 10.0 Å². The minimum absolute atomic E-state index is 0.180. The van der Waals surface area contributed by atoms with Gasteiger partial charge in [0, 0.05) is 31.6 Å². The second kappa shape index (κ2) is 7.61. The number of aromatic nitrogens is 1. The highest BCUT2D eigenvalue weighted by molar-refractivity contribution is 7.88. The first-order valence-electron chi connectivity index (χ1n) is 8.33. The number of piperidine rings is 1. The minimum atomic E-state index is -3.27. The fraction of sp³-hybridized carbons (Fsp3) is 0.412. The molecular weight excluding hydrogens is 396 g/mol. The lowest BCUT2D eigenvalue weighted by Crippen LogP contribution is -2.39. The van der Waals surface area contributed by atoms with Crippen molar-refractivity contribution in [2.24, 2.45) is 10.9 Å². The van der Waals surface area contributed by atoms with Gasteiger partial charge in [0.25, 0.3) is 5.91 Å². The number of halogens is 2. The molecule has 0 atom stereocenters. The molecule has 6 nitrogen and oxygen atoms in total. The van der Waals surface area contributed by atoms with Gasteiger partial charge < -0.3 is 4.57 Å². The van der Waals surface area contributed by atoms with Gasteiger partial charge in [-0.25, -0.2) is 21.5 Å². The van der Waals surface area contributed by atoms with E-state index in [1.807, 2.05) is 0 Å². The maximum atomic E-state index is 14.2. The van der Waals surface area contributed by atoms with E-state index >= 15 is 0 Å². The standard InChI is InChI=1S/C17H19F2N3O3S2/c1-3-6-22-15-13(19)9-12(18)10-14(15)26-17(22)20-16(23)11-4-7-21(8-5-11)27(2,24)25/h3,9-11H,1,4-8H2,2H3. The summed E-state index contributed by atoms with van der Waals surface area (Å²) >= 11 is 1.03. The monoisotopic (exact) mass is 415 g/mol. The molecular formula is C17H19F2N3O3S2. The first-order valence-corrected chi connectivity index (χ1v) is 11.0. The van der Waals surface area contributed by atoms with Crippen molar-refractivity contribution in [3.05, 3.63) is 41.2 Å². The lowest BCUT2D eigenvalue weighted by molar-refractivity contribution is -0.122. The smallest absolute Gasteiger partial charge is 0.251 e. The van der Waals surface area contributed by atoms with Crippen molar-refractivity contribution in [2.75, 3.05) is 19.3 Å². The van der Waals surface area contributed by atoms with E-state index in [0.717, 1.165) is 23.7 Å². The van der Waals surface area contributed by atoms with Crippen LogP contribution >= 0.6 is 11.3 Å². The summed E-state index contributed by atoms with van der Waals surface area (Å²) in [5.41, 5.74) is 0.180. The summed E-state index contributed by atoms with van der Waals surface area (Å²) < 4.78 is 54.0. The molecule has 1 amide bonds. The van der Waals surface area contributed by atoms with Gasteiger partial charge in [-0.05, 0) is 18.9 Å².